The first-order valence-electron chi connectivity index (χ1n) is 8.59. The van der Waals surface area contributed by atoms with Crippen molar-refractivity contribution in [2.75, 3.05) is 46.5 Å². The Kier molecular flexibility index (Phi) is 5.71. The van der Waals surface area contributed by atoms with Crippen LogP contribution in [0.4, 0.5) is 0 Å². The van der Waals surface area contributed by atoms with Gasteiger partial charge in [-0.2, -0.15) is 0 Å². The summed E-state index contributed by atoms with van der Waals surface area (Å²) in [4.78, 5) is 16.4. The van der Waals surface area contributed by atoms with Gasteiger partial charge in [0.05, 0.1) is 26.4 Å². The minimum Gasteiger partial charge on any atom is -0.497 e. The summed E-state index contributed by atoms with van der Waals surface area (Å²) in [6.45, 7) is 3.89. The highest BCUT2D eigenvalue weighted by Crippen LogP contribution is 2.33. The first-order chi connectivity index (χ1) is 11.7. The van der Waals surface area contributed by atoms with Crippen molar-refractivity contribution in [2.45, 2.75) is 25.0 Å². The molecule has 1 amide bonds. The molecule has 0 radical (unpaired) electrons. The van der Waals surface area contributed by atoms with Crippen molar-refractivity contribution >= 4 is 5.91 Å². The van der Waals surface area contributed by atoms with Crippen molar-refractivity contribution in [2.24, 2.45) is 0 Å². The zero-order chi connectivity index (χ0) is 16.9. The zero-order valence-corrected chi connectivity index (χ0v) is 14.2. The molecule has 2 aliphatic heterocycles. The van der Waals surface area contributed by atoms with Crippen molar-refractivity contribution in [3.63, 3.8) is 0 Å². The number of hydrogen-bond acceptors (Lipinski definition) is 5. The average Bonchev–Trinajstić information content (AvgIpc) is 3.01. The fourth-order valence-corrected chi connectivity index (χ4v) is 3.53. The van der Waals surface area contributed by atoms with E-state index in [1.165, 1.54) is 0 Å². The van der Waals surface area contributed by atoms with Crippen LogP contribution in [0.15, 0.2) is 24.3 Å². The molecule has 0 saturated carbocycles. The van der Waals surface area contributed by atoms with Gasteiger partial charge in [-0.25, -0.2) is 0 Å². The van der Waals surface area contributed by atoms with Gasteiger partial charge in [-0.3, -0.25) is 9.69 Å². The lowest BCUT2D eigenvalue weighted by molar-refractivity contribution is -0.135. The van der Waals surface area contributed by atoms with Crippen LogP contribution < -0.4 is 4.74 Å². The van der Waals surface area contributed by atoms with Crippen LogP contribution in [-0.2, 0) is 9.53 Å². The highest BCUT2D eigenvalue weighted by Gasteiger charge is 2.32. The molecule has 0 aliphatic carbocycles. The molecule has 3 rings (SSSR count). The Balaban J connectivity index is 1.61. The normalized spacial score (nSPS) is 25.0. The summed E-state index contributed by atoms with van der Waals surface area (Å²) < 4.78 is 10.6. The second-order valence-electron chi connectivity index (χ2n) is 6.42. The van der Waals surface area contributed by atoms with E-state index >= 15 is 0 Å². The summed E-state index contributed by atoms with van der Waals surface area (Å²) in [7, 11) is 1.65. The Bertz CT molecular complexity index is 560. The first-order valence-corrected chi connectivity index (χ1v) is 8.59. The SMILES string of the molecule is COc1cccc([C@@H]2C[C@@H](O)CN2CCC(=O)N2CCOCC2)c1. The molecule has 2 atom stereocenters. The number of amides is 1. The molecule has 1 N–H and O–H groups in total. The number of carbonyl (C=O) groups excluding carboxylic acids is 1. The second-order valence-corrected chi connectivity index (χ2v) is 6.42. The molecule has 0 unspecified atom stereocenters. The predicted molar refractivity (Wildman–Crippen MR) is 89.9 cm³/mol. The number of hydrogen-bond donors (Lipinski definition) is 1. The maximum Gasteiger partial charge on any atom is 0.224 e. The molecule has 2 saturated heterocycles. The number of nitrogens with zero attached hydrogens (tertiary/aromatic N) is 2. The van der Waals surface area contributed by atoms with Crippen LogP contribution in [0.5, 0.6) is 5.75 Å². The molecule has 6 heteroatoms. The Morgan fingerprint density at radius 1 is 1.38 bits per heavy atom. The van der Waals surface area contributed by atoms with Crippen molar-refractivity contribution in [3.8, 4) is 5.75 Å². The summed E-state index contributed by atoms with van der Waals surface area (Å²) in [5.41, 5.74) is 1.13. The van der Waals surface area contributed by atoms with Crippen molar-refractivity contribution < 1.29 is 19.4 Å². The van der Waals surface area contributed by atoms with Crippen LogP contribution in [0, 0.1) is 0 Å². The highest BCUT2D eigenvalue weighted by molar-refractivity contribution is 5.76. The van der Waals surface area contributed by atoms with Gasteiger partial charge in [0.25, 0.3) is 0 Å². The lowest BCUT2D eigenvalue weighted by atomic mass is 10.0. The third kappa shape index (κ3) is 4.06. The molecule has 1 aromatic carbocycles. The highest BCUT2D eigenvalue weighted by atomic mass is 16.5. The van der Waals surface area contributed by atoms with E-state index in [1.54, 1.807) is 7.11 Å². The van der Waals surface area contributed by atoms with E-state index in [2.05, 4.69) is 11.0 Å². The van der Waals surface area contributed by atoms with Gasteiger partial charge in [0.2, 0.25) is 5.91 Å². The van der Waals surface area contributed by atoms with Crippen LogP contribution in [0.1, 0.15) is 24.4 Å². The summed E-state index contributed by atoms with van der Waals surface area (Å²) in [5, 5.41) is 10.1. The standard InChI is InChI=1S/C18H26N2O4/c1-23-16-4-2-3-14(11-16)17-12-15(21)13-20(17)6-5-18(22)19-7-9-24-10-8-19/h2-4,11,15,17,21H,5-10,12-13H2,1H3/t15-,17+/m1/s1. The Morgan fingerprint density at radius 2 is 2.17 bits per heavy atom. The largest absolute Gasteiger partial charge is 0.497 e. The molecule has 1 aromatic rings. The number of rotatable bonds is 5. The second kappa shape index (κ2) is 7.96. The van der Waals surface area contributed by atoms with Gasteiger partial charge >= 0.3 is 0 Å². The number of morpholine rings is 1. The van der Waals surface area contributed by atoms with Crippen molar-refractivity contribution in [1.82, 2.24) is 9.80 Å². The van der Waals surface area contributed by atoms with Crippen LogP contribution >= 0.6 is 0 Å². The number of β-amino-alcohol motifs (C(OH)–C–C–N with tert-alkyl or cyclic N) is 1. The number of ether oxygens (including phenoxy) is 2. The third-order valence-electron chi connectivity index (χ3n) is 4.84. The average molecular weight is 334 g/mol. The minimum absolute atomic E-state index is 0.132. The number of aliphatic hydroxyl groups excluding tert-OH is 1. The molecule has 132 valence electrons. The van der Waals surface area contributed by atoms with E-state index in [0.29, 0.717) is 52.2 Å². The van der Waals surface area contributed by atoms with Crippen LogP contribution in [0.2, 0.25) is 0 Å². The fourth-order valence-electron chi connectivity index (χ4n) is 3.53. The van der Waals surface area contributed by atoms with Gasteiger partial charge in [-0.1, -0.05) is 12.1 Å². The van der Waals surface area contributed by atoms with E-state index in [-0.39, 0.29) is 18.1 Å². The lowest BCUT2D eigenvalue weighted by Crippen LogP contribution is -2.42. The molecule has 2 aliphatic rings. The molecule has 0 bridgehead atoms. The van der Waals surface area contributed by atoms with E-state index < -0.39 is 0 Å². The number of methoxy groups -OCH3 is 1. The maximum absolute atomic E-state index is 12.3. The van der Waals surface area contributed by atoms with Gasteiger partial charge in [0.15, 0.2) is 0 Å². The van der Waals surface area contributed by atoms with Gasteiger partial charge in [-0.05, 0) is 24.1 Å². The number of carbonyl (C=O) groups is 1. The molecular weight excluding hydrogens is 308 g/mol. The summed E-state index contributed by atoms with van der Waals surface area (Å²) in [6, 6.07) is 8.09. The molecule has 24 heavy (non-hydrogen) atoms. The van der Waals surface area contributed by atoms with Crippen LogP contribution in [0.3, 0.4) is 0 Å². The monoisotopic (exact) mass is 334 g/mol. The molecule has 0 aromatic heterocycles. The maximum atomic E-state index is 12.3. The van der Waals surface area contributed by atoms with Crippen LogP contribution in [0.25, 0.3) is 0 Å². The molecular formula is C18H26N2O4. The first kappa shape index (κ1) is 17.2. The molecule has 2 heterocycles. The molecule has 0 spiro atoms. The smallest absolute Gasteiger partial charge is 0.224 e. The zero-order valence-electron chi connectivity index (χ0n) is 14.2. The third-order valence-corrected chi connectivity index (χ3v) is 4.84. The predicted octanol–water partition coefficient (Wildman–Crippen LogP) is 1.05. The Hall–Kier alpha value is -1.63. The molecule has 6 nitrogen and oxygen atoms in total. The van der Waals surface area contributed by atoms with Gasteiger partial charge in [0, 0.05) is 38.6 Å². The Labute approximate surface area is 143 Å². The van der Waals surface area contributed by atoms with Crippen molar-refractivity contribution in [3.05, 3.63) is 29.8 Å². The number of benzene rings is 1. The number of likely N-dealkylation sites (tertiary alicyclic amines) is 1. The van der Waals surface area contributed by atoms with E-state index in [1.807, 2.05) is 23.1 Å². The van der Waals surface area contributed by atoms with E-state index in [9.17, 15) is 9.90 Å². The quantitative estimate of drug-likeness (QED) is 0.872. The van der Waals surface area contributed by atoms with Crippen LogP contribution in [-0.4, -0.2) is 73.4 Å². The summed E-state index contributed by atoms with van der Waals surface area (Å²) in [5.74, 6) is 0.988. The summed E-state index contributed by atoms with van der Waals surface area (Å²) >= 11 is 0. The topological polar surface area (TPSA) is 62.2 Å². The Morgan fingerprint density at radius 3 is 2.92 bits per heavy atom. The summed E-state index contributed by atoms with van der Waals surface area (Å²) in [6.07, 6.45) is 0.825. The van der Waals surface area contributed by atoms with E-state index in [0.717, 1.165) is 11.3 Å². The van der Waals surface area contributed by atoms with Crippen molar-refractivity contribution in [1.29, 1.82) is 0 Å². The van der Waals surface area contributed by atoms with E-state index in [4.69, 9.17) is 9.47 Å². The van der Waals surface area contributed by atoms with Gasteiger partial charge in [0.1, 0.15) is 5.75 Å². The van der Waals surface area contributed by atoms with Gasteiger partial charge < -0.3 is 19.5 Å². The number of aliphatic hydroxyl groups is 1. The minimum atomic E-state index is -0.348. The fraction of sp³-hybridized carbons (Fsp3) is 0.611. The lowest BCUT2D eigenvalue weighted by Gasteiger charge is -2.29. The molecule has 2 fully saturated rings. The van der Waals surface area contributed by atoms with Gasteiger partial charge in [-0.15, -0.1) is 0 Å².